The van der Waals surface area contributed by atoms with Crippen LogP contribution in [-0.4, -0.2) is 49.0 Å². The maximum absolute atomic E-state index is 9.18. The molecule has 0 bridgehead atoms. The number of likely N-dealkylation sites (tertiary alicyclic amines) is 1. The number of hydrogen-bond donors (Lipinski definition) is 1. The van der Waals surface area contributed by atoms with Crippen LogP contribution in [0.1, 0.15) is 26.2 Å². The normalized spacial score (nSPS) is 28.7. The van der Waals surface area contributed by atoms with E-state index in [-0.39, 0.29) is 0 Å². The molecule has 2 heterocycles. The molecule has 0 aliphatic carbocycles. The number of aliphatic hydroxyl groups is 1. The van der Waals surface area contributed by atoms with E-state index < -0.39 is 0 Å². The third-order valence-corrected chi connectivity index (χ3v) is 3.83. The topological polar surface area (TPSA) is 32.7 Å². The van der Waals surface area contributed by atoms with Crippen LogP contribution in [0, 0.1) is 5.41 Å². The van der Waals surface area contributed by atoms with E-state index in [1.807, 2.05) is 0 Å². The SMILES string of the molecule is CC[C@@H](CO)N1CC2(CCOCC2)C1. The smallest absolute Gasteiger partial charge is 0.0586 e. The van der Waals surface area contributed by atoms with Crippen LogP contribution in [-0.2, 0) is 4.74 Å². The second-order valence-electron chi connectivity index (χ2n) is 4.76. The molecule has 2 rings (SSSR count). The lowest BCUT2D eigenvalue weighted by Gasteiger charge is -2.54. The van der Waals surface area contributed by atoms with Gasteiger partial charge in [0.25, 0.3) is 0 Å². The Balaban J connectivity index is 1.82. The van der Waals surface area contributed by atoms with Crippen LogP contribution in [0.5, 0.6) is 0 Å². The van der Waals surface area contributed by atoms with Gasteiger partial charge in [-0.2, -0.15) is 0 Å². The summed E-state index contributed by atoms with van der Waals surface area (Å²) in [4.78, 5) is 2.42. The summed E-state index contributed by atoms with van der Waals surface area (Å²) >= 11 is 0. The molecule has 3 heteroatoms. The predicted molar refractivity (Wildman–Crippen MR) is 55.2 cm³/mol. The van der Waals surface area contributed by atoms with Gasteiger partial charge in [-0.25, -0.2) is 0 Å². The van der Waals surface area contributed by atoms with Gasteiger partial charge in [0.2, 0.25) is 0 Å². The van der Waals surface area contributed by atoms with Gasteiger partial charge in [0.15, 0.2) is 0 Å². The average molecular weight is 199 g/mol. The van der Waals surface area contributed by atoms with Gasteiger partial charge in [0.1, 0.15) is 0 Å². The van der Waals surface area contributed by atoms with E-state index in [0.29, 0.717) is 18.1 Å². The van der Waals surface area contributed by atoms with Crippen LogP contribution < -0.4 is 0 Å². The van der Waals surface area contributed by atoms with Crippen LogP contribution in [0.2, 0.25) is 0 Å². The molecule has 2 saturated heterocycles. The van der Waals surface area contributed by atoms with Gasteiger partial charge >= 0.3 is 0 Å². The van der Waals surface area contributed by atoms with E-state index in [4.69, 9.17) is 4.74 Å². The van der Waals surface area contributed by atoms with Crippen molar-refractivity contribution >= 4 is 0 Å². The second kappa shape index (κ2) is 4.17. The first-order valence-corrected chi connectivity index (χ1v) is 5.72. The van der Waals surface area contributed by atoms with Crippen LogP contribution in [0.4, 0.5) is 0 Å². The molecule has 1 spiro atoms. The molecule has 0 amide bonds. The lowest BCUT2D eigenvalue weighted by molar-refractivity contribution is -0.104. The van der Waals surface area contributed by atoms with Crippen molar-refractivity contribution in [3.05, 3.63) is 0 Å². The first-order valence-electron chi connectivity index (χ1n) is 5.72. The van der Waals surface area contributed by atoms with Crippen molar-refractivity contribution in [3.8, 4) is 0 Å². The Morgan fingerprint density at radius 3 is 2.50 bits per heavy atom. The Morgan fingerprint density at radius 1 is 1.36 bits per heavy atom. The Morgan fingerprint density at radius 2 is 2.00 bits per heavy atom. The summed E-state index contributed by atoms with van der Waals surface area (Å²) in [5.74, 6) is 0. The molecule has 2 aliphatic heterocycles. The van der Waals surface area contributed by atoms with Crippen molar-refractivity contribution in [1.29, 1.82) is 0 Å². The predicted octanol–water partition coefficient (Wildman–Crippen LogP) is 0.870. The van der Waals surface area contributed by atoms with Crippen molar-refractivity contribution < 1.29 is 9.84 Å². The zero-order chi connectivity index (χ0) is 10.0. The molecule has 0 saturated carbocycles. The van der Waals surface area contributed by atoms with E-state index >= 15 is 0 Å². The number of ether oxygens (including phenoxy) is 1. The van der Waals surface area contributed by atoms with Crippen molar-refractivity contribution in [2.45, 2.75) is 32.2 Å². The molecule has 1 N–H and O–H groups in total. The fourth-order valence-corrected chi connectivity index (χ4v) is 2.70. The summed E-state index contributed by atoms with van der Waals surface area (Å²) in [5, 5.41) is 9.18. The minimum Gasteiger partial charge on any atom is -0.395 e. The van der Waals surface area contributed by atoms with Crippen molar-refractivity contribution in [2.24, 2.45) is 5.41 Å². The molecule has 0 unspecified atom stereocenters. The summed E-state index contributed by atoms with van der Waals surface area (Å²) in [7, 11) is 0. The van der Waals surface area contributed by atoms with Gasteiger partial charge in [-0.05, 0) is 19.3 Å². The van der Waals surface area contributed by atoms with E-state index in [2.05, 4.69) is 11.8 Å². The van der Waals surface area contributed by atoms with Gasteiger partial charge in [0.05, 0.1) is 6.61 Å². The van der Waals surface area contributed by atoms with Crippen LogP contribution in [0.15, 0.2) is 0 Å². The summed E-state index contributed by atoms with van der Waals surface area (Å²) in [5.41, 5.74) is 0.542. The fraction of sp³-hybridized carbons (Fsp3) is 1.00. The summed E-state index contributed by atoms with van der Waals surface area (Å²) in [6.07, 6.45) is 3.49. The summed E-state index contributed by atoms with van der Waals surface area (Å²) in [6.45, 7) is 6.68. The lowest BCUT2D eigenvalue weighted by atomic mass is 9.72. The second-order valence-corrected chi connectivity index (χ2v) is 4.76. The van der Waals surface area contributed by atoms with Crippen molar-refractivity contribution in [3.63, 3.8) is 0 Å². The largest absolute Gasteiger partial charge is 0.395 e. The summed E-state index contributed by atoms with van der Waals surface area (Å²) < 4.78 is 5.38. The molecule has 2 aliphatic rings. The highest BCUT2D eigenvalue weighted by Gasteiger charge is 2.45. The molecule has 0 aromatic rings. The van der Waals surface area contributed by atoms with Crippen LogP contribution in [0.25, 0.3) is 0 Å². The number of rotatable bonds is 3. The third kappa shape index (κ3) is 1.81. The van der Waals surface area contributed by atoms with E-state index in [9.17, 15) is 5.11 Å². The fourth-order valence-electron chi connectivity index (χ4n) is 2.70. The molecule has 3 nitrogen and oxygen atoms in total. The highest BCUT2D eigenvalue weighted by Crippen LogP contribution is 2.40. The van der Waals surface area contributed by atoms with Crippen LogP contribution in [0.3, 0.4) is 0 Å². The molecule has 1 atom stereocenters. The Bertz CT molecular complexity index is 178. The van der Waals surface area contributed by atoms with Gasteiger partial charge in [-0.1, -0.05) is 6.92 Å². The zero-order valence-electron chi connectivity index (χ0n) is 9.04. The molecule has 82 valence electrons. The molecule has 0 aromatic heterocycles. The quantitative estimate of drug-likeness (QED) is 0.732. The molecule has 2 fully saturated rings. The zero-order valence-corrected chi connectivity index (χ0v) is 9.04. The standard InChI is InChI=1S/C11H21NO2/c1-2-10(7-13)12-8-11(9-12)3-5-14-6-4-11/h10,13H,2-9H2,1H3/t10-/m0/s1. The highest BCUT2D eigenvalue weighted by molar-refractivity contribution is 4.98. The monoisotopic (exact) mass is 199 g/mol. The van der Waals surface area contributed by atoms with Crippen LogP contribution >= 0.6 is 0 Å². The van der Waals surface area contributed by atoms with Gasteiger partial charge in [-0.3, -0.25) is 4.90 Å². The Kier molecular flexibility index (Phi) is 3.10. The molecule has 0 aromatic carbocycles. The van der Waals surface area contributed by atoms with Gasteiger partial charge < -0.3 is 9.84 Å². The van der Waals surface area contributed by atoms with E-state index in [1.54, 1.807) is 0 Å². The average Bonchev–Trinajstić information content (AvgIpc) is 2.19. The Labute approximate surface area is 86.0 Å². The third-order valence-electron chi connectivity index (χ3n) is 3.83. The molecular weight excluding hydrogens is 178 g/mol. The number of nitrogens with zero attached hydrogens (tertiary/aromatic N) is 1. The van der Waals surface area contributed by atoms with E-state index in [0.717, 1.165) is 19.6 Å². The highest BCUT2D eigenvalue weighted by atomic mass is 16.5. The van der Waals surface area contributed by atoms with E-state index in [1.165, 1.54) is 25.9 Å². The maximum Gasteiger partial charge on any atom is 0.0586 e. The minimum absolute atomic E-state index is 0.309. The van der Waals surface area contributed by atoms with Gasteiger partial charge in [-0.15, -0.1) is 0 Å². The van der Waals surface area contributed by atoms with Crippen molar-refractivity contribution in [2.75, 3.05) is 32.9 Å². The molecule has 0 radical (unpaired) electrons. The molecule has 14 heavy (non-hydrogen) atoms. The van der Waals surface area contributed by atoms with Crippen molar-refractivity contribution in [1.82, 2.24) is 4.90 Å². The first-order chi connectivity index (χ1) is 6.79. The van der Waals surface area contributed by atoms with Gasteiger partial charge in [0, 0.05) is 37.8 Å². The Hall–Kier alpha value is -0.120. The molecular formula is C11H21NO2. The number of aliphatic hydroxyl groups excluding tert-OH is 1. The lowest BCUT2D eigenvalue weighted by Crippen LogP contribution is -2.62. The summed E-state index contributed by atoms with van der Waals surface area (Å²) in [6, 6.07) is 0.392. The first kappa shape index (κ1) is 10.4. The minimum atomic E-state index is 0.309. The number of hydrogen-bond acceptors (Lipinski definition) is 3. The maximum atomic E-state index is 9.18.